The van der Waals surface area contributed by atoms with Gasteiger partial charge in [0.15, 0.2) is 0 Å². The van der Waals surface area contributed by atoms with E-state index >= 15 is 0 Å². The summed E-state index contributed by atoms with van der Waals surface area (Å²) in [7, 11) is 0. The first kappa shape index (κ1) is 20.3. The maximum absolute atomic E-state index is 12.5. The van der Waals surface area contributed by atoms with Crippen LogP contribution in [-0.4, -0.2) is 26.6 Å². The summed E-state index contributed by atoms with van der Waals surface area (Å²) in [6, 6.07) is 10.3. The fourth-order valence-electron chi connectivity index (χ4n) is 2.89. The molecular formula is C20H15Cl2N5O2S. The molecule has 0 saturated heterocycles. The minimum Gasteiger partial charge on any atom is -0.267 e. The Morgan fingerprint density at radius 1 is 1.13 bits per heavy atom. The third-order valence-corrected chi connectivity index (χ3v) is 6.11. The number of carbonyl (C=O) groups is 2. The van der Waals surface area contributed by atoms with Gasteiger partial charge in [-0.2, -0.15) is 5.10 Å². The van der Waals surface area contributed by atoms with E-state index in [1.807, 2.05) is 13.0 Å². The second-order valence-corrected chi connectivity index (χ2v) is 8.33. The van der Waals surface area contributed by atoms with Crippen molar-refractivity contribution in [2.45, 2.75) is 13.5 Å². The molecule has 4 rings (SSSR count). The predicted octanol–water partition coefficient (Wildman–Crippen LogP) is 4.23. The molecule has 3 aromatic heterocycles. The van der Waals surface area contributed by atoms with E-state index < -0.39 is 11.8 Å². The number of halogens is 2. The molecule has 0 atom stereocenters. The quantitative estimate of drug-likeness (QED) is 0.446. The molecule has 0 unspecified atom stereocenters. The van der Waals surface area contributed by atoms with Gasteiger partial charge in [-0.25, -0.2) is 0 Å². The van der Waals surface area contributed by atoms with Crippen LogP contribution in [0.3, 0.4) is 0 Å². The summed E-state index contributed by atoms with van der Waals surface area (Å²) < 4.78 is 1.80. The van der Waals surface area contributed by atoms with Crippen molar-refractivity contribution in [3.05, 3.63) is 80.5 Å². The monoisotopic (exact) mass is 459 g/mol. The Labute approximate surface area is 185 Å². The van der Waals surface area contributed by atoms with E-state index in [0.717, 1.165) is 21.5 Å². The summed E-state index contributed by atoms with van der Waals surface area (Å²) >= 11 is 13.5. The van der Waals surface area contributed by atoms with Crippen LogP contribution >= 0.6 is 34.5 Å². The number of aromatic nitrogens is 3. The number of pyridine rings is 1. The molecule has 7 nitrogen and oxygen atoms in total. The Balaban J connectivity index is 1.52. The van der Waals surface area contributed by atoms with Crippen LogP contribution in [0.1, 0.15) is 31.3 Å². The minimum absolute atomic E-state index is 0.348. The molecule has 152 valence electrons. The Hall–Kier alpha value is -2.94. The topological polar surface area (TPSA) is 88.9 Å². The van der Waals surface area contributed by atoms with Crippen LogP contribution in [0.2, 0.25) is 10.0 Å². The highest BCUT2D eigenvalue weighted by atomic mass is 35.5. The second-order valence-electron chi connectivity index (χ2n) is 6.46. The Morgan fingerprint density at radius 3 is 2.67 bits per heavy atom. The van der Waals surface area contributed by atoms with Crippen molar-refractivity contribution in [3.8, 4) is 0 Å². The molecule has 10 heteroatoms. The molecule has 2 amide bonds. The van der Waals surface area contributed by atoms with E-state index in [4.69, 9.17) is 23.2 Å². The first-order valence-corrected chi connectivity index (χ1v) is 10.4. The van der Waals surface area contributed by atoms with E-state index in [0.29, 0.717) is 27.0 Å². The third kappa shape index (κ3) is 4.16. The van der Waals surface area contributed by atoms with Crippen molar-refractivity contribution in [3.63, 3.8) is 0 Å². The first-order valence-electron chi connectivity index (χ1n) is 8.84. The van der Waals surface area contributed by atoms with Gasteiger partial charge < -0.3 is 0 Å². The summed E-state index contributed by atoms with van der Waals surface area (Å²) in [5.41, 5.74) is 6.83. The number of hydrogen-bond acceptors (Lipinski definition) is 5. The van der Waals surface area contributed by atoms with Gasteiger partial charge in [-0.3, -0.25) is 30.1 Å². The van der Waals surface area contributed by atoms with Crippen LogP contribution in [0, 0.1) is 6.92 Å². The number of thiophene rings is 1. The molecule has 4 aromatic rings. The van der Waals surface area contributed by atoms with Crippen molar-refractivity contribution >= 4 is 56.6 Å². The number of amides is 2. The molecule has 0 bridgehead atoms. The molecule has 0 saturated carbocycles. The van der Waals surface area contributed by atoms with Crippen LogP contribution in [0.25, 0.3) is 10.2 Å². The number of benzene rings is 1. The van der Waals surface area contributed by atoms with E-state index in [2.05, 4.69) is 20.9 Å². The van der Waals surface area contributed by atoms with E-state index in [9.17, 15) is 9.59 Å². The summed E-state index contributed by atoms with van der Waals surface area (Å²) in [6.45, 7) is 2.32. The number of carbonyl (C=O) groups excluding carboxylic acids is 2. The minimum atomic E-state index is -0.447. The molecule has 0 aliphatic heterocycles. The molecule has 0 spiro atoms. The van der Waals surface area contributed by atoms with Gasteiger partial charge in [0.2, 0.25) is 0 Å². The number of nitrogens with zero attached hydrogens (tertiary/aromatic N) is 3. The lowest BCUT2D eigenvalue weighted by molar-refractivity contribution is 0.0848. The predicted molar refractivity (Wildman–Crippen MR) is 117 cm³/mol. The average Bonchev–Trinajstić information content (AvgIpc) is 3.30. The zero-order valence-electron chi connectivity index (χ0n) is 15.6. The zero-order chi connectivity index (χ0) is 21.3. The molecule has 0 fully saturated rings. The highest BCUT2D eigenvalue weighted by molar-refractivity contribution is 7.20. The summed E-state index contributed by atoms with van der Waals surface area (Å²) in [5.74, 6) is -0.860. The number of nitrogens with one attached hydrogen (secondary N) is 2. The number of hydrogen-bond donors (Lipinski definition) is 2. The van der Waals surface area contributed by atoms with Crippen molar-refractivity contribution in [1.29, 1.82) is 0 Å². The SMILES string of the molecule is Cc1nn(Cc2ccc(Cl)cc2Cl)c2sc(C(=O)NNC(=O)c3cccnc3)cc12. The molecule has 2 N–H and O–H groups in total. The maximum atomic E-state index is 12.5. The zero-order valence-corrected chi connectivity index (χ0v) is 18.0. The van der Waals surface area contributed by atoms with E-state index in [1.54, 1.807) is 41.2 Å². The highest BCUT2D eigenvalue weighted by Crippen LogP contribution is 2.30. The van der Waals surface area contributed by atoms with Gasteiger partial charge in [0, 0.05) is 27.8 Å². The Bertz CT molecular complexity index is 1250. The Kier molecular flexibility index (Phi) is 5.72. The number of hydrazine groups is 1. The van der Waals surface area contributed by atoms with Gasteiger partial charge in [0.05, 0.1) is 22.7 Å². The molecule has 0 aliphatic rings. The van der Waals surface area contributed by atoms with Crippen LogP contribution in [-0.2, 0) is 6.54 Å². The molecular weight excluding hydrogens is 445 g/mol. The lowest BCUT2D eigenvalue weighted by Crippen LogP contribution is -2.41. The van der Waals surface area contributed by atoms with Crippen LogP contribution in [0.5, 0.6) is 0 Å². The van der Waals surface area contributed by atoms with Gasteiger partial charge in [0.1, 0.15) is 4.83 Å². The fraction of sp³-hybridized carbons (Fsp3) is 0.100. The van der Waals surface area contributed by atoms with Crippen LogP contribution in [0.15, 0.2) is 48.8 Å². The van der Waals surface area contributed by atoms with Crippen molar-refractivity contribution in [2.24, 2.45) is 0 Å². The maximum Gasteiger partial charge on any atom is 0.279 e. The highest BCUT2D eigenvalue weighted by Gasteiger charge is 2.18. The molecule has 0 radical (unpaired) electrons. The summed E-state index contributed by atoms with van der Waals surface area (Å²) in [5, 5.41) is 6.54. The van der Waals surface area contributed by atoms with Gasteiger partial charge in [-0.15, -0.1) is 11.3 Å². The molecule has 0 aliphatic carbocycles. The van der Waals surface area contributed by atoms with Crippen molar-refractivity contribution in [1.82, 2.24) is 25.6 Å². The summed E-state index contributed by atoms with van der Waals surface area (Å²) in [6.07, 6.45) is 2.98. The number of rotatable bonds is 4. The third-order valence-electron chi connectivity index (χ3n) is 4.38. The molecule has 30 heavy (non-hydrogen) atoms. The number of aryl methyl sites for hydroxylation is 1. The lowest BCUT2D eigenvalue weighted by Gasteiger charge is -2.06. The van der Waals surface area contributed by atoms with Gasteiger partial charge >= 0.3 is 0 Å². The van der Waals surface area contributed by atoms with Gasteiger partial charge in [0.25, 0.3) is 11.8 Å². The standard InChI is InChI=1S/C20H15Cl2N5O2S/c1-11-15-8-17(19(29)25-24-18(28)12-3-2-6-23-9-12)30-20(15)27(26-11)10-13-4-5-14(21)7-16(13)22/h2-9H,10H2,1H3,(H,24,28)(H,25,29). The lowest BCUT2D eigenvalue weighted by atomic mass is 10.2. The normalized spacial score (nSPS) is 10.9. The molecule has 3 heterocycles. The van der Waals surface area contributed by atoms with Crippen LogP contribution < -0.4 is 10.9 Å². The Morgan fingerprint density at radius 2 is 1.93 bits per heavy atom. The number of fused-ring (bicyclic) bond motifs is 1. The van der Waals surface area contributed by atoms with Crippen LogP contribution in [0.4, 0.5) is 0 Å². The van der Waals surface area contributed by atoms with E-state index in [1.165, 1.54) is 17.5 Å². The first-order chi connectivity index (χ1) is 14.4. The molecule has 1 aromatic carbocycles. The average molecular weight is 460 g/mol. The van der Waals surface area contributed by atoms with Crippen molar-refractivity contribution in [2.75, 3.05) is 0 Å². The largest absolute Gasteiger partial charge is 0.279 e. The second kappa shape index (κ2) is 8.43. The summed E-state index contributed by atoms with van der Waals surface area (Å²) in [4.78, 5) is 29.8. The van der Waals surface area contributed by atoms with E-state index in [-0.39, 0.29) is 0 Å². The van der Waals surface area contributed by atoms with Gasteiger partial charge in [-0.1, -0.05) is 29.3 Å². The fourth-order valence-corrected chi connectivity index (χ4v) is 4.41. The smallest absolute Gasteiger partial charge is 0.267 e. The van der Waals surface area contributed by atoms with Crippen molar-refractivity contribution < 1.29 is 9.59 Å². The van der Waals surface area contributed by atoms with Gasteiger partial charge in [-0.05, 0) is 42.8 Å².